The molecular weight excluding hydrogens is 462 g/mol. The molecule has 0 saturated carbocycles. The fourth-order valence-electron chi connectivity index (χ4n) is 4.09. The lowest BCUT2D eigenvalue weighted by Gasteiger charge is -2.27. The summed E-state index contributed by atoms with van der Waals surface area (Å²) in [7, 11) is 4.05. The molecule has 35 heavy (non-hydrogen) atoms. The summed E-state index contributed by atoms with van der Waals surface area (Å²) in [4.78, 5) is 10.0. The number of para-hydroxylation sites is 1. The van der Waals surface area contributed by atoms with Gasteiger partial charge in [0.25, 0.3) is 0 Å². The monoisotopic (exact) mass is 493 g/mol. The van der Waals surface area contributed by atoms with Crippen molar-refractivity contribution < 1.29 is 14.7 Å². The highest BCUT2D eigenvalue weighted by Gasteiger charge is 2.26. The number of nitrogens with zero attached hydrogens (tertiary/aromatic N) is 3. The van der Waals surface area contributed by atoms with Crippen LogP contribution in [0.2, 0.25) is 5.02 Å². The maximum atomic E-state index is 10.7. The van der Waals surface area contributed by atoms with Gasteiger partial charge in [-0.15, -0.1) is 0 Å². The van der Waals surface area contributed by atoms with Gasteiger partial charge in [-0.25, -0.2) is 0 Å². The Bertz CT molecular complexity index is 1110. The normalized spacial score (nSPS) is 16.0. The van der Waals surface area contributed by atoms with Crippen molar-refractivity contribution in [3.63, 3.8) is 0 Å². The van der Waals surface area contributed by atoms with E-state index in [1.54, 1.807) is 0 Å². The Morgan fingerprint density at radius 2 is 1.83 bits per heavy atom. The zero-order valence-corrected chi connectivity index (χ0v) is 20.9. The number of rotatable bonds is 11. The second-order valence-electron chi connectivity index (χ2n) is 9.01. The highest BCUT2D eigenvalue weighted by Crippen LogP contribution is 2.21. The smallest absolute Gasteiger partial charge is 0.145 e. The number of aliphatic hydroxyl groups is 1. The van der Waals surface area contributed by atoms with E-state index in [-0.39, 0.29) is 12.7 Å². The van der Waals surface area contributed by atoms with Gasteiger partial charge in [-0.05, 0) is 47.5 Å². The molecule has 0 amide bonds. The van der Waals surface area contributed by atoms with Gasteiger partial charge < -0.3 is 19.6 Å². The molecule has 1 heterocycles. The topological polar surface area (TPSA) is 57.5 Å². The molecule has 2 unspecified atom stereocenters. The summed E-state index contributed by atoms with van der Waals surface area (Å²) in [5, 5.41) is 15.8. The van der Waals surface area contributed by atoms with Crippen molar-refractivity contribution in [3.05, 3.63) is 95.0 Å². The molecule has 0 aromatic heterocycles. The van der Waals surface area contributed by atoms with Gasteiger partial charge in [0, 0.05) is 50.9 Å². The number of anilines is 1. The molecule has 6 nitrogen and oxygen atoms in total. The largest absolute Gasteiger partial charge is 0.491 e. The third kappa shape index (κ3) is 7.46. The molecule has 0 fully saturated rings. The van der Waals surface area contributed by atoms with E-state index in [1.165, 1.54) is 0 Å². The van der Waals surface area contributed by atoms with E-state index < -0.39 is 6.10 Å². The van der Waals surface area contributed by atoms with Crippen molar-refractivity contribution in [2.75, 3.05) is 38.7 Å². The van der Waals surface area contributed by atoms with E-state index in [0.717, 1.165) is 28.3 Å². The van der Waals surface area contributed by atoms with E-state index in [1.807, 2.05) is 68.7 Å². The maximum Gasteiger partial charge on any atom is 0.145 e. The molecule has 4 rings (SSSR count). The SMILES string of the molecule is CN(C)c1ccc(C2=NOC(CN(Cc3cccc(Cl)c3)CC(O)COc3ccccc3)C2)cc1. The first-order chi connectivity index (χ1) is 17.0. The van der Waals surface area contributed by atoms with E-state index >= 15 is 0 Å². The second kappa shape index (κ2) is 12.1. The summed E-state index contributed by atoms with van der Waals surface area (Å²) in [5.74, 6) is 0.741. The summed E-state index contributed by atoms with van der Waals surface area (Å²) in [6.45, 7) is 1.90. The van der Waals surface area contributed by atoms with Crippen LogP contribution in [0.25, 0.3) is 0 Å². The molecule has 0 saturated heterocycles. The van der Waals surface area contributed by atoms with Gasteiger partial charge in [-0.3, -0.25) is 4.90 Å². The Balaban J connectivity index is 1.37. The van der Waals surface area contributed by atoms with Crippen LogP contribution in [0.15, 0.2) is 84.0 Å². The standard InChI is InChI=1S/C28H32ClN3O3/c1-31(2)24-13-11-22(12-14-24)28-16-27(35-30-28)19-32(17-21-7-6-8-23(29)15-21)18-25(33)20-34-26-9-4-3-5-10-26/h3-15,25,27,33H,16-20H2,1-2H3. The molecule has 0 radical (unpaired) electrons. The predicted molar refractivity (Wildman–Crippen MR) is 141 cm³/mol. The average molecular weight is 494 g/mol. The number of halogens is 1. The molecule has 3 aromatic carbocycles. The molecule has 3 aromatic rings. The van der Waals surface area contributed by atoms with Crippen LogP contribution in [0.4, 0.5) is 5.69 Å². The molecule has 184 valence electrons. The molecule has 0 spiro atoms. The van der Waals surface area contributed by atoms with Gasteiger partial charge in [0.1, 0.15) is 24.6 Å². The molecule has 1 aliphatic rings. The van der Waals surface area contributed by atoms with Crippen LogP contribution in [0.5, 0.6) is 5.75 Å². The van der Waals surface area contributed by atoms with Crippen LogP contribution in [0.3, 0.4) is 0 Å². The lowest BCUT2D eigenvalue weighted by molar-refractivity contribution is 0.0213. The van der Waals surface area contributed by atoms with Crippen LogP contribution >= 0.6 is 11.6 Å². The van der Waals surface area contributed by atoms with Crippen molar-refractivity contribution in [1.82, 2.24) is 4.90 Å². The number of aliphatic hydroxyl groups excluding tert-OH is 1. The third-order valence-corrected chi connectivity index (χ3v) is 6.10. The Morgan fingerprint density at radius 1 is 1.06 bits per heavy atom. The quantitative estimate of drug-likeness (QED) is 0.414. The second-order valence-corrected chi connectivity index (χ2v) is 9.45. The predicted octanol–water partition coefficient (Wildman–Crippen LogP) is 4.84. The van der Waals surface area contributed by atoms with Crippen molar-refractivity contribution in [1.29, 1.82) is 0 Å². The van der Waals surface area contributed by atoms with Crippen LogP contribution in [0.1, 0.15) is 17.5 Å². The fourth-order valence-corrected chi connectivity index (χ4v) is 4.31. The lowest BCUT2D eigenvalue weighted by Crippen LogP contribution is -2.39. The summed E-state index contributed by atoms with van der Waals surface area (Å²) in [6.07, 6.45) is -0.0426. The first-order valence-corrected chi connectivity index (χ1v) is 12.2. The molecule has 1 aliphatic heterocycles. The highest BCUT2D eigenvalue weighted by atomic mass is 35.5. The van der Waals surface area contributed by atoms with E-state index in [2.05, 4.69) is 39.2 Å². The zero-order valence-electron chi connectivity index (χ0n) is 20.2. The average Bonchev–Trinajstić information content (AvgIpc) is 3.32. The van der Waals surface area contributed by atoms with Crippen molar-refractivity contribution >= 4 is 23.0 Å². The van der Waals surface area contributed by atoms with Crippen molar-refractivity contribution in [3.8, 4) is 5.75 Å². The van der Waals surface area contributed by atoms with Gasteiger partial charge in [0.15, 0.2) is 0 Å². The first kappa shape index (κ1) is 25.0. The Labute approximate surface area is 212 Å². The van der Waals surface area contributed by atoms with Gasteiger partial charge in [-0.2, -0.15) is 0 Å². The molecule has 0 bridgehead atoms. The van der Waals surface area contributed by atoms with Crippen molar-refractivity contribution in [2.45, 2.75) is 25.2 Å². The third-order valence-electron chi connectivity index (χ3n) is 5.86. The Morgan fingerprint density at radius 3 is 2.54 bits per heavy atom. The minimum Gasteiger partial charge on any atom is -0.491 e. The number of hydrogen-bond acceptors (Lipinski definition) is 6. The molecular formula is C28H32ClN3O3. The fraction of sp³-hybridized carbons (Fsp3) is 0.321. The van der Waals surface area contributed by atoms with Crippen molar-refractivity contribution in [2.24, 2.45) is 5.16 Å². The van der Waals surface area contributed by atoms with Crippen LogP contribution < -0.4 is 9.64 Å². The number of hydrogen-bond donors (Lipinski definition) is 1. The highest BCUT2D eigenvalue weighted by molar-refractivity contribution is 6.30. The Hall–Kier alpha value is -3.06. The number of benzene rings is 3. The van der Waals surface area contributed by atoms with Crippen LogP contribution in [-0.2, 0) is 11.4 Å². The van der Waals surface area contributed by atoms with Gasteiger partial charge >= 0.3 is 0 Å². The summed E-state index contributed by atoms with van der Waals surface area (Å²) in [5.41, 5.74) is 4.23. The lowest BCUT2D eigenvalue weighted by atomic mass is 10.0. The molecule has 1 N–H and O–H groups in total. The van der Waals surface area contributed by atoms with E-state index in [0.29, 0.717) is 31.1 Å². The van der Waals surface area contributed by atoms with Gasteiger partial charge in [0.05, 0.1) is 5.71 Å². The van der Waals surface area contributed by atoms with Gasteiger partial charge in [-0.1, -0.05) is 59.2 Å². The molecule has 2 atom stereocenters. The first-order valence-electron chi connectivity index (χ1n) is 11.8. The van der Waals surface area contributed by atoms with E-state index in [4.69, 9.17) is 21.2 Å². The van der Waals surface area contributed by atoms with Crippen LogP contribution in [-0.4, -0.2) is 61.7 Å². The van der Waals surface area contributed by atoms with Crippen LogP contribution in [0, 0.1) is 0 Å². The summed E-state index contributed by atoms with van der Waals surface area (Å²) in [6, 6.07) is 25.6. The molecule has 7 heteroatoms. The van der Waals surface area contributed by atoms with E-state index in [9.17, 15) is 5.11 Å². The maximum absolute atomic E-state index is 10.7. The minimum absolute atomic E-state index is 0.0973. The van der Waals surface area contributed by atoms with Gasteiger partial charge in [0.2, 0.25) is 0 Å². The number of oxime groups is 1. The number of ether oxygens (including phenoxy) is 1. The summed E-state index contributed by atoms with van der Waals surface area (Å²) < 4.78 is 5.75. The minimum atomic E-state index is -0.658. The summed E-state index contributed by atoms with van der Waals surface area (Å²) >= 11 is 6.21. The molecule has 0 aliphatic carbocycles. The zero-order chi connectivity index (χ0) is 24.6. The Kier molecular flexibility index (Phi) is 8.64.